The van der Waals surface area contributed by atoms with Gasteiger partial charge in [0.1, 0.15) is 23.0 Å². The number of carbonyl (C=O) groups is 3. The minimum absolute atomic E-state index is 0. The Morgan fingerprint density at radius 2 is 1.26 bits per heavy atom. The molecule has 0 saturated heterocycles. The SMILES string of the molecule is C.C.C.C.C.O=C1OC2(c3ccc(O)cc3Oc3cc(O)ccc32)c2ccc(N3C(=O)C=C(Br)C3=O)cc21. The molecule has 2 N–H and O–H groups in total. The number of amides is 2. The van der Waals surface area contributed by atoms with Gasteiger partial charge < -0.3 is 19.7 Å². The molecule has 0 atom stereocenters. The van der Waals surface area contributed by atoms with Crippen LogP contribution >= 0.6 is 15.9 Å². The Bertz CT molecular complexity index is 1430. The van der Waals surface area contributed by atoms with Gasteiger partial charge in [0, 0.05) is 34.9 Å². The number of benzene rings is 3. The lowest BCUT2D eigenvalue weighted by Gasteiger charge is -2.36. The Labute approximate surface area is 231 Å². The summed E-state index contributed by atoms with van der Waals surface area (Å²) in [7, 11) is 0. The van der Waals surface area contributed by atoms with Crippen molar-refractivity contribution in [1.29, 1.82) is 0 Å². The molecule has 6 rings (SSSR count). The number of imide groups is 1. The number of ether oxygens (including phenoxy) is 2. The first-order valence-corrected chi connectivity index (χ1v) is 10.6. The molecule has 3 aliphatic heterocycles. The van der Waals surface area contributed by atoms with Crippen molar-refractivity contribution in [2.75, 3.05) is 4.90 Å². The highest BCUT2D eigenvalue weighted by molar-refractivity contribution is 9.12. The van der Waals surface area contributed by atoms with E-state index in [9.17, 15) is 24.6 Å². The smallest absolute Gasteiger partial charge is 0.340 e. The average molecular weight is 586 g/mol. The minimum Gasteiger partial charge on any atom is -0.508 e. The highest BCUT2D eigenvalue weighted by Gasteiger charge is 2.54. The van der Waals surface area contributed by atoms with Gasteiger partial charge in [-0.05, 0) is 52.3 Å². The molecule has 38 heavy (non-hydrogen) atoms. The minimum atomic E-state index is -1.41. The predicted octanol–water partition coefficient (Wildman–Crippen LogP) is 7.00. The Kier molecular flexibility index (Phi) is 8.99. The van der Waals surface area contributed by atoms with E-state index in [1.165, 1.54) is 36.4 Å². The Hall–Kier alpha value is -4.11. The summed E-state index contributed by atoms with van der Waals surface area (Å²) in [5.41, 5.74) is 0.438. The highest BCUT2D eigenvalue weighted by atomic mass is 79.9. The second kappa shape index (κ2) is 10.7. The number of rotatable bonds is 1. The van der Waals surface area contributed by atoms with E-state index in [4.69, 9.17) is 9.47 Å². The predicted molar refractivity (Wildman–Crippen MR) is 151 cm³/mol. The molecule has 0 bridgehead atoms. The third kappa shape index (κ3) is 4.12. The molecule has 0 radical (unpaired) electrons. The molecule has 3 heterocycles. The molecule has 0 aliphatic carbocycles. The molecule has 8 nitrogen and oxygen atoms in total. The van der Waals surface area contributed by atoms with Crippen LogP contribution in [0.25, 0.3) is 0 Å². The number of anilines is 1. The van der Waals surface area contributed by atoms with E-state index in [1.54, 1.807) is 24.3 Å². The lowest BCUT2D eigenvalue weighted by molar-refractivity contribution is -0.120. The van der Waals surface area contributed by atoms with E-state index >= 15 is 0 Å². The first kappa shape index (κ1) is 31.9. The molecular formula is C29H32BrNO7. The van der Waals surface area contributed by atoms with Crippen molar-refractivity contribution in [3.05, 3.63) is 87.4 Å². The zero-order chi connectivity index (χ0) is 23.1. The number of aromatic hydroxyl groups is 2. The fraction of sp³-hybridized carbons (Fsp3) is 0.207. The molecule has 3 aromatic carbocycles. The summed E-state index contributed by atoms with van der Waals surface area (Å²) < 4.78 is 12.0. The van der Waals surface area contributed by atoms with Crippen molar-refractivity contribution in [2.24, 2.45) is 0 Å². The lowest BCUT2D eigenvalue weighted by Crippen LogP contribution is -2.33. The largest absolute Gasteiger partial charge is 0.508 e. The van der Waals surface area contributed by atoms with E-state index in [-0.39, 0.29) is 75.9 Å². The Morgan fingerprint density at radius 1 is 0.737 bits per heavy atom. The zero-order valence-electron chi connectivity index (χ0n) is 16.5. The summed E-state index contributed by atoms with van der Waals surface area (Å²) in [6.45, 7) is 0. The van der Waals surface area contributed by atoms with E-state index < -0.39 is 23.4 Å². The maximum atomic E-state index is 13.1. The molecule has 3 aromatic rings. The standard InChI is InChI=1S/C24H12BrNO7.5CH4/c25-18-10-21(29)26(22(18)30)11-1-4-15-14(7-11)23(31)33-24(15)16-5-2-12(27)8-19(16)32-20-9-13(28)3-6-17(20)24;;;;;/h1-10,27-28H;5*1H4. The van der Waals surface area contributed by atoms with Gasteiger partial charge in [-0.25, -0.2) is 9.69 Å². The van der Waals surface area contributed by atoms with Gasteiger partial charge in [0.15, 0.2) is 5.60 Å². The van der Waals surface area contributed by atoms with Gasteiger partial charge in [-0.1, -0.05) is 43.2 Å². The topological polar surface area (TPSA) is 113 Å². The van der Waals surface area contributed by atoms with Crippen molar-refractivity contribution >= 4 is 39.4 Å². The lowest BCUT2D eigenvalue weighted by atomic mass is 9.77. The summed E-state index contributed by atoms with van der Waals surface area (Å²) in [4.78, 5) is 38.8. The van der Waals surface area contributed by atoms with Gasteiger partial charge in [-0.2, -0.15) is 0 Å². The number of esters is 1. The van der Waals surface area contributed by atoms with Gasteiger partial charge >= 0.3 is 5.97 Å². The van der Waals surface area contributed by atoms with E-state index in [0.717, 1.165) is 4.90 Å². The molecule has 0 saturated carbocycles. The van der Waals surface area contributed by atoms with Gasteiger partial charge in [-0.15, -0.1) is 0 Å². The van der Waals surface area contributed by atoms with E-state index in [1.807, 2.05) is 0 Å². The molecular weight excluding hydrogens is 554 g/mol. The van der Waals surface area contributed by atoms with Crippen LogP contribution in [0.1, 0.15) is 64.2 Å². The first-order valence-electron chi connectivity index (χ1n) is 9.78. The van der Waals surface area contributed by atoms with Gasteiger partial charge in [-0.3, -0.25) is 9.59 Å². The molecule has 202 valence electrons. The number of phenolic OH excluding ortho intramolecular Hbond substituents is 2. The van der Waals surface area contributed by atoms with Gasteiger partial charge in [0.05, 0.1) is 15.7 Å². The maximum absolute atomic E-state index is 13.1. The summed E-state index contributed by atoms with van der Waals surface area (Å²) in [6, 6.07) is 13.5. The number of fused-ring (bicyclic) bond motifs is 6. The normalized spacial score (nSPS) is 15.0. The monoisotopic (exact) mass is 585 g/mol. The van der Waals surface area contributed by atoms with Crippen LogP contribution in [-0.2, 0) is 19.9 Å². The first-order chi connectivity index (χ1) is 15.8. The number of hydrogen-bond acceptors (Lipinski definition) is 7. The second-order valence-electron chi connectivity index (χ2n) is 7.73. The number of nitrogens with zero attached hydrogens (tertiary/aromatic N) is 1. The quantitative estimate of drug-likeness (QED) is 0.233. The van der Waals surface area contributed by atoms with E-state index in [0.29, 0.717) is 16.7 Å². The van der Waals surface area contributed by atoms with Crippen LogP contribution < -0.4 is 9.64 Å². The summed E-state index contributed by atoms with van der Waals surface area (Å²) in [6.07, 6.45) is 1.17. The molecule has 0 unspecified atom stereocenters. The maximum Gasteiger partial charge on any atom is 0.340 e. The van der Waals surface area contributed by atoms with Crippen molar-refractivity contribution in [1.82, 2.24) is 0 Å². The van der Waals surface area contributed by atoms with Crippen molar-refractivity contribution in [2.45, 2.75) is 42.7 Å². The van der Waals surface area contributed by atoms with Crippen LogP contribution in [0.3, 0.4) is 0 Å². The number of hydrogen-bond donors (Lipinski definition) is 2. The van der Waals surface area contributed by atoms with Crippen LogP contribution in [-0.4, -0.2) is 28.0 Å². The zero-order valence-corrected chi connectivity index (χ0v) is 18.1. The van der Waals surface area contributed by atoms with Crippen LogP contribution in [0, 0.1) is 0 Å². The molecule has 1 spiro atoms. The molecule has 9 heteroatoms. The third-order valence-electron chi connectivity index (χ3n) is 5.89. The number of halogens is 1. The van der Waals surface area contributed by atoms with Crippen LogP contribution in [0.15, 0.2) is 65.2 Å². The van der Waals surface area contributed by atoms with Crippen molar-refractivity contribution in [3.63, 3.8) is 0 Å². The fourth-order valence-corrected chi connectivity index (χ4v) is 4.89. The number of phenols is 2. The van der Waals surface area contributed by atoms with E-state index in [2.05, 4.69) is 15.9 Å². The Morgan fingerprint density at radius 3 is 1.76 bits per heavy atom. The molecule has 3 aliphatic rings. The Balaban J connectivity index is 0.00000144. The molecule has 0 fully saturated rings. The summed E-state index contributed by atoms with van der Waals surface area (Å²) in [5.74, 6) is -1.29. The molecule has 0 aromatic heterocycles. The fourth-order valence-electron chi connectivity index (χ4n) is 4.52. The van der Waals surface area contributed by atoms with Crippen molar-refractivity contribution < 1.29 is 34.1 Å². The summed E-state index contributed by atoms with van der Waals surface area (Å²) >= 11 is 3.06. The van der Waals surface area contributed by atoms with Gasteiger partial charge in [0.2, 0.25) is 0 Å². The van der Waals surface area contributed by atoms with Crippen molar-refractivity contribution in [3.8, 4) is 23.0 Å². The summed E-state index contributed by atoms with van der Waals surface area (Å²) in [5, 5.41) is 20.0. The number of carbonyl (C=O) groups excluding carboxylic acids is 3. The second-order valence-corrected chi connectivity index (χ2v) is 8.59. The highest BCUT2D eigenvalue weighted by Crippen LogP contribution is 2.57. The molecule has 2 amide bonds. The van der Waals surface area contributed by atoms with Crippen LogP contribution in [0.5, 0.6) is 23.0 Å². The van der Waals surface area contributed by atoms with Gasteiger partial charge in [0.25, 0.3) is 11.8 Å². The van der Waals surface area contributed by atoms with Crippen LogP contribution in [0.2, 0.25) is 0 Å². The van der Waals surface area contributed by atoms with Crippen LogP contribution in [0.4, 0.5) is 5.69 Å². The average Bonchev–Trinajstić information content (AvgIpc) is 3.20. The third-order valence-corrected chi connectivity index (χ3v) is 6.46.